The molecule has 0 saturated heterocycles. The molecule has 90 valence electrons. The van der Waals surface area contributed by atoms with Crippen LogP contribution in [0.3, 0.4) is 0 Å². The molecule has 0 fully saturated rings. The van der Waals surface area contributed by atoms with Crippen LogP contribution in [0.4, 0.5) is 0 Å². The van der Waals surface area contributed by atoms with Gasteiger partial charge in [-0.1, -0.05) is 6.07 Å². The number of hydrogen-bond donors (Lipinski definition) is 1. The Morgan fingerprint density at radius 3 is 2.75 bits per heavy atom. The van der Waals surface area contributed by atoms with Crippen molar-refractivity contribution in [1.82, 2.24) is 9.71 Å². The van der Waals surface area contributed by atoms with Gasteiger partial charge in [0, 0.05) is 24.7 Å². The molecule has 7 heteroatoms. The Labute approximate surface area is 99.8 Å². The van der Waals surface area contributed by atoms with Crippen LogP contribution in [-0.4, -0.2) is 32.1 Å². The van der Waals surface area contributed by atoms with E-state index in [4.69, 9.17) is 16.3 Å². The summed E-state index contributed by atoms with van der Waals surface area (Å²) in [5.74, 6) is 0.487. The Morgan fingerprint density at radius 1 is 1.50 bits per heavy atom. The number of rotatable bonds is 6. The third-order valence-corrected chi connectivity index (χ3v) is 3.59. The highest BCUT2D eigenvalue weighted by Gasteiger charge is 2.08. The molecule has 0 atom stereocenters. The summed E-state index contributed by atoms with van der Waals surface area (Å²) in [4.78, 5) is 3.96. The Bertz CT molecular complexity index is 419. The zero-order chi connectivity index (χ0) is 12.0. The minimum atomic E-state index is -3.29. The first-order valence-electron chi connectivity index (χ1n) is 4.59. The van der Waals surface area contributed by atoms with Crippen molar-refractivity contribution in [2.45, 2.75) is 6.54 Å². The van der Waals surface area contributed by atoms with Crippen LogP contribution in [0.5, 0.6) is 5.88 Å². The van der Waals surface area contributed by atoms with E-state index in [1.807, 2.05) is 0 Å². The number of aromatic nitrogens is 1. The minimum absolute atomic E-state index is 0.0796. The van der Waals surface area contributed by atoms with Crippen LogP contribution in [0.1, 0.15) is 5.56 Å². The van der Waals surface area contributed by atoms with Gasteiger partial charge < -0.3 is 4.74 Å². The van der Waals surface area contributed by atoms with Gasteiger partial charge in [-0.2, -0.15) is 0 Å². The van der Waals surface area contributed by atoms with Crippen molar-refractivity contribution in [2.75, 3.05) is 18.7 Å². The molecule has 1 aromatic rings. The molecular formula is C9H13ClN2O3S. The Kier molecular flexibility index (Phi) is 4.98. The first kappa shape index (κ1) is 13.2. The van der Waals surface area contributed by atoms with Crippen LogP contribution in [0.15, 0.2) is 18.3 Å². The molecule has 0 saturated carbocycles. The summed E-state index contributed by atoms with van der Waals surface area (Å²) in [5, 5.41) is 0. The molecule has 1 heterocycles. The monoisotopic (exact) mass is 264 g/mol. The third kappa shape index (κ3) is 4.34. The molecule has 0 unspecified atom stereocenters. The van der Waals surface area contributed by atoms with Gasteiger partial charge in [0.25, 0.3) is 0 Å². The van der Waals surface area contributed by atoms with E-state index >= 15 is 0 Å². The molecule has 0 amide bonds. The van der Waals surface area contributed by atoms with E-state index in [2.05, 4.69) is 9.71 Å². The Morgan fingerprint density at radius 2 is 2.25 bits per heavy atom. The predicted molar refractivity (Wildman–Crippen MR) is 62.1 cm³/mol. The number of nitrogens with one attached hydrogen (secondary N) is 1. The molecule has 1 N–H and O–H groups in total. The second-order valence-electron chi connectivity index (χ2n) is 3.04. The lowest BCUT2D eigenvalue weighted by Gasteiger charge is -2.05. The fourth-order valence-electron chi connectivity index (χ4n) is 1.00. The van der Waals surface area contributed by atoms with Gasteiger partial charge in [0.2, 0.25) is 15.9 Å². The van der Waals surface area contributed by atoms with E-state index < -0.39 is 10.0 Å². The lowest BCUT2D eigenvalue weighted by atomic mass is 10.3. The van der Waals surface area contributed by atoms with E-state index in [0.29, 0.717) is 5.88 Å². The van der Waals surface area contributed by atoms with Crippen molar-refractivity contribution in [2.24, 2.45) is 0 Å². The molecule has 5 nitrogen and oxygen atoms in total. The second kappa shape index (κ2) is 6.03. The van der Waals surface area contributed by atoms with E-state index in [-0.39, 0.29) is 18.2 Å². The summed E-state index contributed by atoms with van der Waals surface area (Å²) in [6.07, 6.45) is 1.56. The molecule has 0 bridgehead atoms. The number of halogens is 1. The van der Waals surface area contributed by atoms with Crippen molar-refractivity contribution in [3.63, 3.8) is 0 Å². The SMILES string of the molecule is COc1ccc(CNS(=O)(=O)CCCl)cn1. The summed E-state index contributed by atoms with van der Waals surface area (Å²) < 4.78 is 29.9. The number of methoxy groups -OCH3 is 1. The maximum atomic E-state index is 11.3. The molecule has 0 aromatic carbocycles. The molecule has 0 radical (unpaired) electrons. The largest absolute Gasteiger partial charge is 0.481 e. The van der Waals surface area contributed by atoms with Crippen molar-refractivity contribution in [3.8, 4) is 5.88 Å². The standard InChI is InChI=1S/C9H13ClN2O3S/c1-15-9-3-2-8(6-11-9)7-12-16(13,14)5-4-10/h2-3,6,12H,4-5,7H2,1H3. The maximum Gasteiger partial charge on any atom is 0.213 e. The van der Waals surface area contributed by atoms with Crippen LogP contribution in [0.25, 0.3) is 0 Å². The number of pyridine rings is 1. The zero-order valence-corrected chi connectivity index (χ0v) is 10.4. The first-order valence-corrected chi connectivity index (χ1v) is 6.78. The quantitative estimate of drug-likeness (QED) is 0.770. The van der Waals surface area contributed by atoms with Gasteiger partial charge in [0.15, 0.2) is 0 Å². The Balaban J connectivity index is 2.54. The van der Waals surface area contributed by atoms with Crippen LogP contribution in [0.2, 0.25) is 0 Å². The highest BCUT2D eigenvalue weighted by molar-refractivity contribution is 7.89. The average molecular weight is 265 g/mol. The fourth-order valence-corrected chi connectivity index (χ4v) is 2.35. The highest BCUT2D eigenvalue weighted by Crippen LogP contribution is 2.06. The number of alkyl halides is 1. The van der Waals surface area contributed by atoms with Gasteiger partial charge >= 0.3 is 0 Å². The zero-order valence-electron chi connectivity index (χ0n) is 8.81. The van der Waals surface area contributed by atoms with Gasteiger partial charge in [-0.25, -0.2) is 18.1 Å². The predicted octanol–water partition coefficient (Wildman–Crippen LogP) is 0.748. The molecule has 0 aliphatic heterocycles. The lowest BCUT2D eigenvalue weighted by Crippen LogP contribution is -2.26. The summed E-state index contributed by atoms with van der Waals surface area (Å²) in [6.45, 7) is 0.205. The summed E-state index contributed by atoms with van der Waals surface area (Å²) in [7, 11) is -1.77. The maximum absolute atomic E-state index is 11.3. The van der Waals surface area contributed by atoms with E-state index in [1.165, 1.54) is 7.11 Å². The molecule has 0 aliphatic rings. The molecule has 0 aliphatic carbocycles. The fraction of sp³-hybridized carbons (Fsp3) is 0.444. The number of sulfonamides is 1. The first-order chi connectivity index (χ1) is 7.57. The summed E-state index contributed by atoms with van der Waals surface area (Å²) >= 11 is 5.36. The third-order valence-electron chi connectivity index (χ3n) is 1.85. The smallest absolute Gasteiger partial charge is 0.213 e. The molecule has 1 aromatic heterocycles. The normalized spacial score (nSPS) is 11.4. The van der Waals surface area contributed by atoms with E-state index in [9.17, 15) is 8.42 Å². The topological polar surface area (TPSA) is 68.3 Å². The summed E-state index contributed by atoms with van der Waals surface area (Å²) in [6, 6.07) is 3.42. The lowest BCUT2D eigenvalue weighted by molar-refractivity contribution is 0.397. The molecular weight excluding hydrogens is 252 g/mol. The van der Waals surface area contributed by atoms with Crippen LogP contribution < -0.4 is 9.46 Å². The number of hydrogen-bond acceptors (Lipinski definition) is 4. The molecule has 1 rings (SSSR count). The van der Waals surface area contributed by atoms with Gasteiger partial charge in [-0.3, -0.25) is 0 Å². The average Bonchev–Trinajstić information content (AvgIpc) is 2.27. The van der Waals surface area contributed by atoms with Crippen molar-refractivity contribution in [3.05, 3.63) is 23.9 Å². The van der Waals surface area contributed by atoms with E-state index in [0.717, 1.165) is 5.56 Å². The highest BCUT2D eigenvalue weighted by atomic mass is 35.5. The van der Waals surface area contributed by atoms with Gasteiger partial charge in [-0.15, -0.1) is 11.6 Å². The van der Waals surface area contributed by atoms with Crippen LogP contribution in [0, 0.1) is 0 Å². The van der Waals surface area contributed by atoms with Crippen molar-refractivity contribution >= 4 is 21.6 Å². The summed E-state index contributed by atoms with van der Waals surface area (Å²) in [5.41, 5.74) is 0.763. The minimum Gasteiger partial charge on any atom is -0.481 e. The van der Waals surface area contributed by atoms with Crippen LogP contribution in [-0.2, 0) is 16.6 Å². The van der Waals surface area contributed by atoms with Gasteiger partial charge in [0.05, 0.1) is 12.9 Å². The molecule has 0 spiro atoms. The van der Waals surface area contributed by atoms with E-state index in [1.54, 1.807) is 18.3 Å². The van der Waals surface area contributed by atoms with Crippen LogP contribution >= 0.6 is 11.6 Å². The Hall–Kier alpha value is -0.850. The second-order valence-corrected chi connectivity index (χ2v) is 5.34. The number of nitrogens with zero attached hydrogens (tertiary/aromatic N) is 1. The molecule has 16 heavy (non-hydrogen) atoms. The van der Waals surface area contributed by atoms with Crippen molar-refractivity contribution < 1.29 is 13.2 Å². The van der Waals surface area contributed by atoms with Crippen molar-refractivity contribution in [1.29, 1.82) is 0 Å². The van der Waals surface area contributed by atoms with Gasteiger partial charge in [-0.05, 0) is 5.56 Å². The van der Waals surface area contributed by atoms with Gasteiger partial charge in [0.1, 0.15) is 0 Å². The number of ether oxygens (including phenoxy) is 1.